The molecule has 0 aliphatic rings. The molecule has 0 aliphatic carbocycles. The lowest BCUT2D eigenvalue weighted by Gasteiger charge is -2.03. The van der Waals surface area contributed by atoms with Crippen LogP contribution in [0.25, 0.3) is 17.0 Å². The Morgan fingerprint density at radius 1 is 1.17 bits per heavy atom. The summed E-state index contributed by atoms with van der Waals surface area (Å²) < 4.78 is 7.08. The first-order valence-electron chi connectivity index (χ1n) is 7.16. The van der Waals surface area contributed by atoms with E-state index < -0.39 is 0 Å². The average molecular weight is 339 g/mol. The van der Waals surface area contributed by atoms with Crippen molar-refractivity contribution >= 4 is 28.8 Å². The fraction of sp³-hybridized carbons (Fsp3) is 0. The van der Waals surface area contributed by atoms with Crippen LogP contribution in [0.5, 0.6) is 0 Å². The lowest BCUT2D eigenvalue weighted by atomic mass is 10.1. The molecule has 0 atom stereocenters. The quantitative estimate of drug-likeness (QED) is 0.615. The van der Waals surface area contributed by atoms with Crippen LogP contribution in [0, 0.1) is 0 Å². The summed E-state index contributed by atoms with van der Waals surface area (Å²) in [6, 6.07) is 12.3. The van der Waals surface area contributed by atoms with E-state index in [0.29, 0.717) is 22.0 Å². The molecule has 0 saturated carbocycles. The fourth-order valence-corrected chi connectivity index (χ4v) is 2.58. The second-order valence-electron chi connectivity index (χ2n) is 5.12. The van der Waals surface area contributed by atoms with Crippen LogP contribution in [0.15, 0.2) is 65.6 Å². The number of pyridine rings is 1. The van der Waals surface area contributed by atoms with Crippen LogP contribution in [0.2, 0.25) is 5.02 Å². The Morgan fingerprint density at radius 3 is 2.92 bits per heavy atom. The number of amides is 1. The zero-order chi connectivity index (χ0) is 16.5. The fourth-order valence-electron chi connectivity index (χ4n) is 2.35. The Hall–Kier alpha value is -3.12. The van der Waals surface area contributed by atoms with Crippen molar-refractivity contribution in [1.29, 1.82) is 0 Å². The second-order valence-corrected chi connectivity index (χ2v) is 5.53. The van der Waals surface area contributed by atoms with Gasteiger partial charge in [-0.1, -0.05) is 28.9 Å². The van der Waals surface area contributed by atoms with Crippen molar-refractivity contribution in [2.45, 2.75) is 0 Å². The summed E-state index contributed by atoms with van der Waals surface area (Å²) >= 11 is 6.12. The van der Waals surface area contributed by atoms with Gasteiger partial charge >= 0.3 is 0 Å². The second kappa shape index (κ2) is 5.82. The van der Waals surface area contributed by atoms with Crippen LogP contribution in [-0.2, 0) is 0 Å². The van der Waals surface area contributed by atoms with Crippen LogP contribution in [0.1, 0.15) is 10.5 Å². The number of benzene rings is 1. The van der Waals surface area contributed by atoms with E-state index in [1.165, 1.54) is 0 Å². The molecule has 0 bridgehead atoms. The van der Waals surface area contributed by atoms with E-state index >= 15 is 0 Å². The summed E-state index contributed by atoms with van der Waals surface area (Å²) in [5.41, 5.74) is 2.23. The highest BCUT2D eigenvalue weighted by molar-refractivity contribution is 6.33. The molecule has 0 aliphatic heterocycles. The van der Waals surface area contributed by atoms with Gasteiger partial charge in [0.1, 0.15) is 5.65 Å². The molecule has 7 heteroatoms. The third-order valence-corrected chi connectivity index (χ3v) is 3.87. The van der Waals surface area contributed by atoms with Gasteiger partial charge < -0.3 is 14.2 Å². The largest absolute Gasteiger partial charge is 0.355 e. The molecule has 4 aromatic rings. The number of hydrogen-bond donors (Lipinski definition) is 1. The first-order valence-corrected chi connectivity index (χ1v) is 7.54. The summed E-state index contributed by atoms with van der Waals surface area (Å²) in [6.07, 6.45) is 5.33. The molecule has 4 rings (SSSR count). The SMILES string of the molecule is O=C(Nc1ccn2ccnc2c1)c1cc(-c2ccccc2Cl)on1. The Bertz CT molecular complexity index is 1040. The minimum Gasteiger partial charge on any atom is -0.355 e. The molecule has 1 N–H and O–H groups in total. The van der Waals surface area contributed by atoms with Crippen LogP contribution in [0.4, 0.5) is 5.69 Å². The molecule has 3 heterocycles. The third-order valence-electron chi connectivity index (χ3n) is 3.54. The Labute approximate surface area is 141 Å². The van der Waals surface area contributed by atoms with Gasteiger partial charge in [-0.25, -0.2) is 4.98 Å². The van der Waals surface area contributed by atoms with Crippen LogP contribution < -0.4 is 5.32 Å². The molecular weight excluding hydrogens is 328 g/mol. The summed E-state index contributed by atoms with van der Waals surface area (Å²) in [5, 5.41) is 7.12. The smallest absolute Gasteiger partial charge is 0.277 e. The zero-order valence-corrected chi connectivity index (χ0v) is 13.1. The summed E-state index contributed by atoms with van der Waals surface area (Å²) in [7, 11) is 0. The maximum atomic E-state index is 12.3. The maximum Gasteiger partial charge on any atom is 0.277 e. The van der Waals surface area contributed by atoms with Crippen molar-refractivity contribution in [3.8, 4) is 11.3 Å². The van der Waals surface area contributed by atoms with Gasteiger partial charge in [0.25, 0.3) is 5.91 Å². The molecule has 0 spiro atoms. The molecule has 24 heavy (non-hydrogen) atoms. The van der Waals surface area contributed by atoms with Crippen molar-refractivity contribution in [2.75, 3.05) is 5.32 Å². The van der Waals surface area contributed by atoms with Gasteiger partial charge in [-0.2, -0.15) is 0 Å². The van der Waals surface area contributed by atoms with E-state index in [1.807, 2.05) is 28.9 Å². The van der Waals surface area contributed by atoms with E-state index in [4.69, 9.17) is 16.1 Å². The van der Waals surface area contributed by atoms with Crippen molar-refractivity contribution in [2.24, 2.45) is 0 Å². The van der Waals surface area contributed by atoms with Crippen molar-refractivity contribution in [3.63, 3.8) is 0 Å². The van der Waals surface area contributed by atoms with E-state index in [0.717, 1.165) is 5.65 Å². The number of nitrogens with zero attached hydrogens (tertiary/aromatic N) is 3. The molecular formula is C17H11ClN4O2. The number of nitrogens with one attached hydrogen (secondary N) is 1. The standard InChI is InChI=1S/C17H11ClN4O2/c18-13-4-2-1-3-12(13)15-10-14(21-24-15)17(23)20-11-5-7-22-8-6-19-16(22)9-11/h1-10H,(H,20,23). The molecule has 0 unspecified atom stereocenters. The van der Waals surface area contributed by atoms with E-state index in [9.17, 15) is 4.79 Å². The van der Waals surface area contributed by atoms with Crippen molar-refractivity contribution < 1.29 is 9.32 Å². The highest BCUT2D eigenvalue weighted by Gasteiger charge is 2.15. The predicted octanol–water partition coefficient (Wildman–Crippen LogP) is 3.90. The highest BCUT2D eigenvalue weighted by Crippen LogP contribution is 2.28. The number of halogens is 1. The van der Waals surface area contributed by atoms with E-state index in [-0.39, 0.29) is 11.6 Å². The molecule has 118 valence electrons. The topological polar surface area (TPSA) is 72.4 Å². The van der Waals surface area contributed by atoms with Gasteiger partial charge in [0.05, 0.1) is 5.02 Å². The van der Waals surface area contributed by atoms with Gasteiger partial charge in [-0.15, -0.1) is 0 Å². The maximum absolute atomic E-state index is 12.3. The molecule has 1 amide bonds. The minimum atomic E-state index is -0.368. The number of aromatic nitrogens is 3. The minimum absolute atomic E-state index is 0.174. The van der Waals surface area contributed by atoms with E-state index in [1.54, 1.807) is 36.5 Å². The molecule has 3 aromatic heterocycles. The van der Waals surface area contributed by atoms with Crippen LogP contribution in [0.3, 0.4) is 0 Å². The number of rotatable bonds is 3. The zero-order valence-electron chi connectivity index (χ0n) is 12.3. The Morgan fingerprint density at radius 2 is 2.04 bits per heavy atom. The van der Waals surface area contributed by atoms with Crippen LogP contribution in [-0.4, -0.2) is 20.4 Å². The molecule has 6 nitrogen and oxygen atoms in total. The van der Waals surface area contributed by atoms with Crippen LogP contribution >= 0.6 is 11.6 Å². The number of imidazole rings is 1. The van der Waals surface area contributed by atoms with E-state index in [2.05, 4.69) is 15.5 Å². The van der Waals surface area contributed by atoms with Gasteiger partial charge in [0.15, 0.2) is 11.5 Å². The number of fused-ring (bicyclic) bond motifs is 1. The first kappa shape index (κ1) is 14.5. The molecule has 0 fully saturated rings. The Balaban J connectivity index is 1.57. The summed E-state index contributed by atoms with van der Waals surface area (Å²) in [6.45, 7) is 0. The third kappa shape index (κ3) is 2.63. The summed E-state index contributed by atoms with van der Waals surface area (Å²) in [5.74, 6) is 0.0717. The average Bonchev–Trinajstić information content (AvgIpc) is 3.24. The summed E-state index contributed by atoms with van der Waals surface area (Å²) in [4.78, 5) is 16.5. The van der Waals surface area contributed by atoms with Crippen molar-refractivity contribution in [3.05, 3.63) is 71.8 Å². The number of hydrogen-bond acceptors (Lipinski definition) is 4. The number of anilines is 1. The molecule has 1 aromatic carbocycles. The van der Waals surface area contributed by atoms with Gasteiger partial charge in [0.2, 0.25) is 0 Å². The predicted molar refractivity (Wildman–Crippen MR) is 90.1 cm³/mol. The van der Waals surface area contributed by atoms with Gasteiger partial charge in [0, 0.05) is 42.0 Å². The lowest BCUT2D eigenvalue weighted by Crippen LogP contribution is -2.12. The van der Waals surface area contributed by atoms with Gasteiger partial charge in [-0.3, -0.25) is 4.79 Å². The molecule has 0 radical (unpaired) electrons. The number of carbonyl (C=O) groups is 1. The van der Waals surface area contributed by atoms with Gasteiger partial charge in [-0.05, 0) is 18.2 Å². The normalized spacial score (nSPS) is 10.9. The monoisotopic (exact) mass is 338 g/mol. The lowest BCUT2D eigenvalue weighted by molar-refractivity contribution is 0.101. The Kier molecular flexibility index (Phi) is 3.51. The highest BCUT2D eigenvalue weighted by atomic mass is 35.5. The molecule has 0 saturated heterocycles. The number of carbonyl (C=O) groups excluding carboxylic acids is 1. The first-order chi connectivity index (χ1) is 11.7. The van der Waals surface area contributed by atoms with Crippen molar-refractivity contribution in [1.82, 2.24) is 14.5 Å².